The zero-order valence-electron chi connectivity index (χ0n) is 11.5. The van der Waals surface area contributed by atoms with Gasteiger partial charge in [-0.1, -0.05) is 17.7 Å². The summed E-state index contributed by atoms with van der Waals surface area (Å²) in [7, 11) is 0. The second-order valence-corrected chi connectivity index (χ2v) is 5.35. The Hall–Kier alpha value is -1.81. The number of hydrogen-bond donors (Lipinski definition) is 0. The Morgan fingerprint density at radius 3 is 2.50 bits per heavy atom. The maximum absolute atomic E-state index is 6.05. The highest BCUT2D eigenvalue weighted by molar-refractivity contribution is 6.30. The average molecular weight is 289 g/mol. The van der Waals surface area contributed by atoms with Crippen molar-refractivity contribution < 1.29 is 0 Å². The lowest BCUT2D eigenvalue weighted by Crippen LogP contribution is -2.46. The van der Waals surface area contributed by atoms with Gasteiger partial charge in [0.05, 0.1) is 0 Å². The lowest BCUT2D eigenvalue weighted by molar-refractivity contribution is 0.646. The van der Waals surface area contributed by atoms with E-state index in [1.54, 1.807) is 0 Å². The van der Waals surface area contributed by atoms with Crippen LogP contribution in [0.3, 0.4) is 0 Å². The summed E-state index contributed by atoms with van der Waals surface area (Å²) in [5, 5.41) is 0.788. The second-order valence-electron chi connectivity index (χ2n) is 4.92. The number of anilines is 2. The number of rotatable bonds is 2. The van der Waals surface area contributed by atoms with Crippen molar-refractivity contribution in [3.05, 3.63) is 47.4 Å². The lowest BCUT2D eigenvalue weighted by Gasteiger charge is -2.36. The van der Waals surface area contributed by atoms with Gasteiger partial charge in [0.25, 0.3) is 0 Å². The molecule has 0 radical (unpaired) electrons. The summed E-state index contributed by atoms with van der Waals surface area (Å²) in [6.45, 7) is 5.80. The van der Waals surface area contributed by atoms with Gasteiger partial charge in [0.15, 0.2) is 0 Å². The van der Waals surface area contributed by atoms with Gasteiger partial charge >= 0.3 is 0 Å². The van der Waals surface area contributed by atoms with E-state index in [4.69, 9.17) is 11.6 Å². The van der Waals surface area contributed by atoms with Crippen molar-refractivity contribution >= 4 is 23.1 Å². The number of halogens is 1. The first-order valence-electron chi connectivity index (χ1n) is 6.77. The van der Waals surface area contributed by atoms with Gasteiger partial charge in [0.2, 0.25) is 0 Å². The topological polar surface area (TPSA) is 32.3 Å². The van der Waals surface area contributed by atoms with Crippen LogP contribution in [0, 0.1) is 6.92 Å². The number of piperazine rings is 1. The van der Waals surface area contributed by atoms with Gasteiger partial charge in [-0.3, -0.25) is 0 Å². The van der Waals surface area contributed by atoms with Crippen LogP contribution in [-0.2, 0) is 0 Å². The lowest BCUT2D eigenvalue weighted by atomic mass is 10.2. The summed E-state index contributed by atoms with van der Waals surface area (Å²) in [6, 6.07) is 10.0. The second kappa shape index (κ2) is 5.67. The third-order valence-corrected chi connectivity index (χ3v) is 3.77. The third kappa shape index (κ3) is 2.85. The molecule has 1 saturated heterocycles. The minimum Gasteiger partial charge on any atom is -0.368 e. The highest BCUT2D eigenvalue weighted by Gasteiger charge is 2.18. The Morgan fingerprint density at radius 2 is 1.80 bits per heavy atom. The van der Waals surface area contributed by atoms with Crippen molar-refractivity contribution in [3.63, 3.8) is 0 Å². The molecule has 1 aliphatic heterocycles. The molecule has 4 nitrogen and oxygen atoms in total. The summed E-state index contributed by atoms with van der Waals surface area (Å²) in [4.78, 5) is 13.3. The molecular weight excluding hydrogens is 272 g/mol. The molecular formula is C15H17ClN4. The van der Waals surface area contributed by atoms with Gasteiger partial charge in [-0.05, 0) is 31.2 Å². The molecule has 1 aromatic heterocycles. The molecule has 20 heavy (non-hydrogen) atoms. The molecule has 0 bridgehead atoms. The summed E-state index contributed by atoms with van der Waals surface area (Å²) < 4.78 is 0. The minimum absolute atomic E-state index is 0.788. The van der Waals surface area contributed by atoms with Crippen LogP contribution in [0.4, 0.5) is 11.5 Å². The van der Waals surface area contributed by atoms with Crippen LogP contribution in [0.15, 0.2) is 36.5 Å². The molecule has 0 atom stereocenters. The number of hydrogen-bond acceptors (Lipinski definition) is 4. The van der Waals surface area contributed by atoms with E-state index >= 15 is 0 Å². The smallest absolute Gasteiger partial charge is 0.132 e. The zero-order chi connectivity index (χ0) is 13.9. The van der Waals surface area contributed by atoms with Gasteiger partial charge in [-0.2, -0.15) is 0 Å². The monoisotopic (exact) mass is 288 g/mol. The molecule has 0 aliphatic carbocycles. The first kappa shape index (κ1) is 13.2. The van der Waals surface area contributed by atoms with Crippen molar-refractivity contribution in [2.75, 3.05) is 36.0 Å². The fourth-order valence-corrected chi connectivity index (χ4v) is 2.67. The standard InChI is InChI=1S/C15H17ClN4/c1-12-17-6-5-15(18-12)20-9-7-19(8-10-20)14-4-2-3-13(16)11-14/h2-6,11H,7-10H2,1H3. The number of benzene rings is 1. The van der Waals surface area contributed by atoms with Gasteiger partial charge in [-0.25, -0.2) is 9.97 Å². The van der Waals surface area contributed by atoms with Gasteiger partial charge in [0, 0.05) is 43.1 Å². The highest BCUT2D eigenvalue weighted by atomic mass is 35.5. The Labute approximate surface area is 124 Å². The van der Waals surface area contributed by atoms with Crippen molar-refractivity contribution in [1.82, 2.24) is 9.97 Å². The van der Waals surface area contributed by atoms with Crippen LogP contribution in [0.25, 0.3) is 0 Å². The molecule has 0 saturated carbocycles. The molecule has 1 fully saturated rings. The van der Waals surface area contributed by atoms with Crippen molar-refractivity contribution in [3.8, 4) is 0 Å². The van der Waals surface area contributed by atoms with Crippen LogP contribution >= 0.6 is 11.6 Å². The Morgan fingerprint density at radius 1 is 1.05 bits per heavy atom. The number of aromatic nitrogens is 2. The van der Waals surface area contributed by atoms with Crippen LogP contribution in [-0.4, -0.2) is 36.1 Å². The SMILES string of the molecule is Cc1nccc(N2CCN(c3cccc(Cl)c3)CC2)n1. The summed E-state index contributed by atoms with van der Waals surface area (Å²) in [5.74, 6) is 1.84. The fourth-order valence-electron chi connectivity index (χ4n) is 2.49. The summed E-state index contributed by atoms with van der Waals surface area (Å²) >= 11 is 6.05. The van der Waals surface area contributed by atoms with Crippen LogP contribution in [0.2, 0.25) is 5.02 Å². The first-order chi connectivity index (χ1) is 9.72. The Kier molecular flexibility index (Phi) is 3.74. The third-order valence-electron chi connectivity index (χ3n) is 3.54. The molecule has 104 valence electrons. The van der Waals surface area contributed by atoms with Crippen molar-refractivity contribution in [2.24, 2.45) is 0 Å². The predicted octanol–water partition coefficient (Wildman–Crippen LogP) is 2.77. The molecule has 3 rings (SSSR count). The summed E-state index contributed by atoms with van der Waals surface area (Å²) in [6.07, 6.45) is 1.82. The molecule has 1 aromatic carbocycles. The molecule has 2 heterocycles. The van der Waals surface area contributed by atoms with E-state index in [0.717, 1.165) is 42.8 Å². The minimum atomic E-state index is 0.788. The van der Waals surface area contributed by atoms with Crippen molar-refractivity contribution in [2.45, 2.75) is 6.92 Å². The molecule has 0 unspecified atom stereocenters. The van der Waals surface area contributed by atoms with E-state index in [1.165, 1.54) is 5.69 Å². The zero-order valence-corrected chi connectivity index (χ0v) is 12.2. The van der Waals surface area contributed by atoms with Crippen LogP contribution < -0.4 is 9.80 Å². The fraction of sp³-hybridized carbons (Fsp3) is 0.333. The molecule has 5 heteroatoms. The average Bonchev–Trinajstić information content (AvgIpc) is 2.47. The molecule has 0 N–H and O–H groups in total. The van der Waals surface area contributed by atoms with E-state index < -0.39 is 0 Å². The first-order valence-corrected chi connectivity index (χ1v) is 7.15. The van der Waals surface area contributed by atoms with E-state index in [1.807, 2.05) is 37.4 Å². The van der Waals surface area contributed by atoms with Gasteiger partial charge in [-0.15, -0.1) is 0 Å². The van der Waals surface area contributed by atoms with Crippen LogP contribution in [0.5, 0.6) is 0 Å². The molecule has 0 spiro atoms. The van der Waals surface area contributed by atoms with Gasteiger partial charge in [0.1, 0.15) is 11.6 Å². The predicted molar refractivity (Wildman–Crippen MR) is 82.6 cm³/mol. The molecule has 1 aliphatic rings. The van der Waals surface area contributed by atoms with E-state index in [0.29, 0.717) is 0 Å². The van der Waals surface area contributed by atoms with E-state index in [-0.39, 0.29) is 0 Å². The highest BCUT2D eigenvalue weighted by Crippen LogP contribution is 2.22. The molecule has 0 amide bonds. The Bertz CT molecular complexity index is 540. The quantitative estimate of drug-likeness (QED) is 0.851. The molecule has 2 aromatic rings. The van der Waals surface area contributed by atoms with E-state index in [9.17, 15) is 0 Å². The normalized spacial score (nSPS) is 15.5. The number of nitrogens with zero attached hydrogens (tertiary/aromatic N) is 4. The Balaban J connectivity index is 1.68. The number of aryl methyl sites for hydroxylation is 1. The summed E-state index contributed by atoms with van der Waals surface area (Å²) in [5.41, 5.74) is 1.19. The maximum Gasteiger partial charge on any atom is 0.132 e. The van der Waals surface area contributed by atoms with Crippen LogP contribution in [0.1, 0.15) is 5.82 Å². The van der Waals surface area contributed by atoms with E-state index in [2.05, 4.69) is 25.8 Å². The van der Waals surface area contributed by atoms with Gasteiger partial charge < -0.3 is 9.80 Å². The van der Waals surface area contributed by atoms with Crippen molar-refractivity contribution in [1.29, 1.82) is 0 Å². The largest absolute Gasteiger partial charge is 0.368 e. The maximum atomic E-state index is 6.05.